The molecule has 0 radical (unpaired) electrons. The number of benzene rings is 1. The van der Waals surface area contributed by atoms with Crippen molar-refractivity contribution >= 4 is 44.0 Å². The zero-order valence-corrected chi connectivity index (χ0v) is 11.0. The first-order valence-electron chi connectivity index (χ1n) is 5.85. The lowest BCUT2D eigenvalue weighted by molar-refractivity contribution is 0.577. The molecule has 3 rings (SSSR count). The van der Waals surface area contributed by atoms with E-state index in [-0.39, 0.29) is 0 Å². The lowest BCUT2D eigenvalue weighted by atomic mass is 10.1. The minimum atomic E-state index is 0.689. The van der Waals surface area contributed by atoms with Crippen LogP contribution in [0.5, 0.6) is 0 Å². The van der Waals surface area contributed by atoms with E-state index < -0.39 is 0 Å². The topological polar surface area (TPSA) is 42.1 Å². The summed E-state index contributed by atoms with van der Waals surface area (Å²) in [5, 5.41) is 1.74. The van der Waals surface area contributed by atoms with Gasteiger partial charge < -0.3 is 10.6 Å². The van der Waals surface area contributed by atoms with E-state index in [4.69, 9.17) is 17.3 Å². The molecule has 0 amide bonds. The Morgan fingerprint density at radius 1 is 1.24 bits per heavy atom. The van der Waals surface area contributed by atoms with Crippen molar-refractivity contribution in [3.63, 3.8) is 0 Å². The number of anilines is 2. The van der Waals surface area contributed by atoms with Crippen LogP contribution in [0.25, 0.3) is 10.2 Å². The second-order valence-corrected chi connectivity index (χ2v) is 5.74. The zero-order valence-electron chi connectivity index (χ0n) is 9.45. The van der Waals surface area contributed by atoms with Crippen LogP contribution in [0.15, 0.2) is 12.1 Å². The second-order valence-electron chi connectivity index (χ2n) is 4.36. The van der Waals surface area contributed by atoms with Gasteiger partial charge in [0.15, 0.2) is 5.13 Å². The first-order chi connectivity index (χ1) is 8.25. The molecule has 0 aliphatic carbocycles. The SMILES string of the molecule is Nc1ccc(Cl)c2nc(N3CCCCC3)sc12. The third kappa shape index (κ3) is 1.96. The zero-order chi connectivity index (χ0) is 11.8. The van der Waals surface area contributed by atoms with Crippen LogP contribution in [-0.2, 0) is 0 Å². The maximum atomic E-state index is 6.15. The molecule has 90 valence electrons. The largest absolute Gasteiger partial charge is 0.398 e. The molecule has 0 spiro atoms. The van der Waals surface area contributed by atoms with E-state index in [9.17, 15) is 0 Å². The summed E-state index contributed by atoms with van der Waals surface area (Å²) in [5.74, 6) is 0. The third-order valence-electron chi connectivity index (χ3n) is 3.14. The Morgan fingerprint density at radius 2 is 2.00 bits per heavy atom. The quantitative estimate of drug-likeness (QED) is 0.804. The second kappa shape index (κ2) is 4.35. The van der Waals surface area contributed by atoms with Gasteiger partial charge in [0.1, 0.15) is 5.52 Å². The number of rotatable bonds is 1. The van der Waals surface area contributed by atoms with Crippen molar-refractivity contribution in [1.82, 2.24) is 4.98 Å². The number of nitrogen functional groups attached to an aromatic ring is 1. The number of nitrogens with two attached hydrogens (primary N) is 1. The standard InChI is InChI=1S/C12H14ClN3S/c13-8-4-5-9(14)11-10(8)15-12(17-11)16-6-2-1-3-7-16/h4-5H,1-3,6-7,14H2. The molecule has 2 aromatic rings. The highest BCUT2D eigenvalue weighted by atomic mass is 35.5. The number of halogens is 1. The summed E-state index contributed by atoms with van der Waals surface area (Å²) in [4.78, 5) is 6.97. The lowest BCUT2D eigenvalue weighted by Crippen LogP contribution is -2.29. The first kappa shape index (κ1) is 11.1. The maximum absolute atomic E-state index is 6.15. The molecule has 2 N–H and O–H groups in total. The monoisotopic (exact) mass is 267 g/mol. The highest BCUT2D eigenvalue weighted by Gasteiger charge is 2.17. The predicted molar refractivity (Wildman–Crippen MR) is 75.1 cm³/mol. The molecule has 3 nitrogen and oxygen atoms in total. The van der Waals surface area contributed by atoms with Gasteiger partial charge >= 0.3 is 0 Å². The van der Waals surface area contributed by atoms with Crippen LogP contribution in [0, 0.1) is 0 Å². The molecule has 1 aliphatic heterocycles. The molecule has 5 heteroatoms. The number of fused-ring (bicyclic) bond motifs is 1. The van der Waals surface area contributed by atoms with Crippen LogP contribution in [-0.4, -0.2) is 18.1 Å². The van der Waals surface area contributed by atoms with Crippen molar-refractivity contribution in [3.8, 4) is 0 Å². The van der Waals surface area contributed by atoms with E-state index in [1.54, 1.807) is 11.3 Å². The number of hydrogen-bond acceptors (Lipinski definition) is 4. The molecule has 0 bridgehead atoms. The molecule has 0 saturated carbocycles. The number of thiazole rings is 1. The normalized spacial score (nSPS) is 16.6. The fraction of sp³-hybridized carbons (Fsp3) is 0.417. The van der Waals surface area contributed by atoms with Gasteiger partial charge in [-0.3, -0.25) is 0 Å². The Kier molecular flexibility index (Phi) is 2.84. The van der Waals surface area contributed by atoms with E-state index in [0.717, 1.165) is 34.1 Å². The number of aromatic nitrogens is 1. The van der Waals surface area contributed by atoms with Crippen molar-refractivity contribution < 1.29 is 0 Å². The van der Waals surface area contributed by atoms with Crippen molar-refractivity contribution in [1.29, 1.82) is 0 Å². The van der Waals surface area contributed by atoms with Crippen LogP contribution in [0.3, 0.4) is 0 Å². The van der Waals surface area contributed by atoms with Crippen molar-refractivity contribution in [3.05, 3.63) is 17.2 Å². The molecule has 0 atom stereocenters. The highest BCUT2D eigenvalue weighted by molar-refractivity contribution is 7.22. The molecule has 1 aromatic carbocycles. The summed E-state index contributed by atoms with van der Waals surface area (Å²) in [6, 6.07) is 3.67. The van der Waals surface area contributed by atoms with Gasteiger partial charge in [0.25, 0.3) is 0 Å². The minimum Gasteiger partial charge on any atom is -0.398 e. The molecule has 1 fully saturated rings. The van der Waals surface area contributed by atoms with Gasteiger partial charge in [-0.15, -0.1) is 0 Å². The van der Waals surface area contributed by atoms with Gasteiger partial charge in [-0.25, -0.2) is 4.98 Å². The molecule has 1 aromatic heterocycles. The highest BCUT2D eigenvalue weighted by Crippen LogP contribution is 2.37. The average Bonchev–Trinajstić information content (AvgIpc) is 2.81. The van der Waals surface area contributed by atoms with E-state index in [1.807, 2.05) is 12.1 Å². The van der Waals surface area contributed by atoms with E-state index in [0.29, 0.717) is 5.02 Å². The Bertz CT molecular complexity index is 507. The van der Waals surface area contributed by atoms with Gasteiger partial charge in [0.05, 0.1) is 15.4 Å². The van der Waals surface area contributed by atoms with E-state index in [2.05, 4.69) is 9.88 Å². The summed E-state index contributed by atoms with van der Waals surface area (Å²) < 4.78 is 1.01. The maximum Gasteiger partial charge on any atom is 0.186 e. The first-order valence-corrected chi connectivity index (χ1v) is 7.04. The molecular weight excluding hydrogens is 254 g/mol. The summed E-state index contributed by atoms with van der Waals surface area (Å²) in [7, 11) is 0. The van der Waals surface area contributed by atoms with Gasteiger partial charge in [0, 0.05) is 13.1 Å². The molecular formula is C12H14ClN3S. The minimum absolute atomic E-state index is 0.689. The van der Waals surface area contributed by atoms with Crippen LogP contribution in [0.1, 0.15) is 19.3 Å². The summed E-state index contributed by atoms with van der Waals surface area (Å²) in [6.45, 7) is 2.19. The van der Waals surface area contributed by atoms with Crippen molar-refractivity contribution in [2.24, 2.45) is 0 Å². The Balaban J connectivity index is 2.06. The van der Waals surface area contributed by atoms with Crippen molar-refractivity contribution in [2.75, 3.05) is 23.7 Å². The van der Waals surface area contributed by atoms with Crippen LogP contribution in [0.2, 0.25) is 5.02 Å². The summed E-state index contributed by atoms with van der Waals surface area (Å²) in [5.41, 5.74) is 7.57. The lowest BCUT2D eigenvalue weighted by Gasteiger charge is -2.25. The van der Waals surface area contributed by atoms with Gasteiger partial charge in [-0.1, -0.05) is 22.9 Å². The molecule has 17 heavy (non-hydrogen) atoms. The number of piperidine rings is 1. The fourth-order valence-corrected chi connectivity index (χ4v) is 3.53. The Hall–Kier alpha value is -1.00. The van der Waals surface area contributed by atoms with Gasteiger partial charge in [-0.05, 0) is 31.4 Å². The number of nitrogens with zero attached hydrogens (tertiary/aromatic N) is 2. The van der Waals surface area contributed by atoms with Crippen LogP contribution in [0.4, 0.5) is 10.8 Å². The van der Waals surface area contributed by atoms with E-state index in [1.165, 1.54) is 19.3 Å². The molecule has 1 aliphatic rings. The predicted octanol–water partition coefficient (Wildman–Crippen LogP) is 3.52. The Morgan fingerprint density at radius 3 is 2.71 bits per heavy atom. The Labute approximate surface area is 109 Å². The fourth-order valence-electron chi connectivity index (χ4n) is 2.20. The molecule has 2 heterocycles. The average molecular weight is 268 g/mol. The van der Waals surface area contributed by atoms with Crippen LogP contribution >= 0.6 is 22.9 Å². The van der Waals surface area contributed by atoms with Gasteiger partial charge in [0.2, 0.25) is 0 Å². The van der Waals surface area contributed by atoms with E-state index >= 15 is 0 Å². The molecule has 1 saturated heterocycles. The summed E-state index contributed by atoms with van der Waals surface area (Å²) >= 11 is 7.80. The van der Waals surface area contributed by atoms with Crippen molar-refractivity contribution in [2.45, 2.75) is 19.3 Å². The molecule has 0 unspecified atom stereocenters. The third-order valence-corrected chi connectivity index (χ3v) is 4.61. The summed E-state index contributed by atoms with van der Waals surface area (Å²) in [6.07, 6.45) is 3.82. The smallest absolute Gasteiger partial charge is 0.186 e. The number of hydrogen-bond donors (Lipinski definition) is 1. The van der Waals surface area contributed by atoms with Crippen LogP contribution < -0.4 is 10.6 Å². The van der Waals surface area contributed by atoms with Gasteiger partial charge in [-0.2, -0.15) is 0 Å².